The van der Waals surface area contributed by atoms with Crippen LogP contribution in [0.1, 0.15) is 25.3 Å². The number of hydrogen-bond donors (Lipinski definition) is 2. The smallest absolute Gasteiger partial charge is 0.329 e. The molecule has 0 saturated carbocycles. The van der Waals surface area contributed by atoms with Crippen molar-refractivity contribution in [2.45, 2.75) is 31.4 Å². The van der Waals surface area contributed by atoms with E-state index in [9.17, 15) is 9.90 Å². The van der Waals surface area contributed by atoms with E-state index in [0.717, 1.165) is 19.4 Å². The summed E-state index contributed by atoms with van der Waals surface area (Å²) in [5.74, 6) is -0.368. The van der Waals surface area contributed by atoms with Crippen LogP contribution in [-0.2, 0) is 15.1 Å². The Labute approximate surface area is 124 Å². The van der Waals surface area contributed by atoms with Gasteiger partial charge in [0, 0.05) is 24.6 Å². The number of carboxylic acid groups (broad SMARTS) is 1. The molecule has 0 spiro atoms. The highest BCUT2D eigenvalue weighted by atomic mass is 16.5. The van der Waals surface area contributed by atoms with Gasteiger partial charge in [-0.1, -0.05) is 25.1 Å². The molecule has 5 nitrogen and oxygen atoms in total. The Morgan fingerprint density at radius 1 is 1.48 bits per heavy atom. The zero-order valence-electron chi connectivity index (χ0n) is 12.2. The quantitative estimate of drug-likeness (QED) is 0.885. The average molecular weight is 291 g/mol. The van der Waals surface area contributed by atoms with Gasteiger partial charge < -0.3 is 14.6 Å². The Balaban J connectivity index is 1.93. The van der Waals surface area contributed by atoms with Crippen LogP contribution in [0.5, 0.6) is 5.75 Å². The van der Waals surface area contributed by atoms with Gasteiger partial charge in [-0.05, 0) is 18.9 Å². The average Bonchev–Trinajstić information content (AvgIpc) is 2.99. The molecule has 2 aliphatic rings. The summed E-state index contributed by atoms with van der Waals surface area (Å²) in [4.78, 5) is 12.1. The molecule has 1 fully saturated rings. The number of hydrogen-bond acceptors (Lipinski definition) is 4. The molecule has 2 heterocycles. The predicted molar refractivity (Wildman–Crippen MR) is 77.4 cm³/mol. The standard InChI is InChI=1S/C16H21NO4/c1-11-10-21-14-7-3-2-6-13(14)16(11,15(18)19)17-9-12-5-4-8-20-12/h2-3,6-7,11-12,17H,4-5,8-10H2,1H3,(H,18,19). The fraction of sp³-hybridized carbons (Fsp3) is 0.562. The molecule has 1 saturated heterocycles. The molecule has 0 radical (unpaired) electrons. The highest BCUT2D eigenvalue weighted by Gasteiger charge is 2.50. The molecule has 3 unspecified atom stereocenters. The van der Waals surface area contributed by atoms with Crippen LogP contribution in [0, 0.1) is 5.92 Å². The van der Waals surface area contributed by atoms with Crippen molar-refractivity contribution in [2.75, 3.05) is 19.8 Å². The number of ether oxygens (including phenoxy) is 2. The van der Waals surface area contributed by atoms with Crippen molar-refractivity contribution in [3.8, 4) is 5.75 Å². The second-order valence-electron chi connectivity index (χ2n) is 5.84. The number of nitrogens with one attached hydrogen (secondary N) is 1. The molecule has 3 rings (SSSR count). The molecule has 1 aromatic rings. The van der Waals surface area contributed by atoms with Gasteiger partial charge in [0.25, 0.3) is 0 Å². The van der Waals surface area contributed by atoms with E-state index in [2.05, 4.69) is 5.32 Å². The summed E-state index contributed by atoms with van der Waals surface area (Å²) in [6, 6.07) is 7.38. The molecular weight excluding hydrogens is 270 g/mol. The Morgan fingerprint density at radius 2 is 2.29 bits per heavy atom. The zero-order chi connectivity index (χ0) is 14.9. The first-order valence-electron chi connectivity index (χ1n) is 7.47. The van der Waals surface area contributed by atoms with Crippen LogP contribution in [0.25, 0.3) is 0 Å². The highest BCUT2D eigenvalue weighted by molar-refractivity contribution is 5.83. The van der Waals surface area contributed by atoms with Gasteiger partial charge in [-0.15, -0.1) is 0 Å². The van der Waals surface area contributed by atoms with E-state index in [0.29, 0.717) is 24.5 Å². The first kappa shape index (κ1) is 14.4. The molecule has 0 aliphatic carbocycles. The van der Waals surface area contributed by atoms with Crippen LogP contribution in [0.4, 0.5) is 0 Å². The van der Waals surface area contributed by atoms with Crippen LogP contribution >= 0.6 is 0 Å². The lowest BCUT2D eigenvalue weighted by Gasteiger charge is -2.41. The van der Waals surface area contributed by atoms with Gasteiger partial charge >= 0.3 is 5.97 Å². The van der Waals surface area contributed by atoms with E-state index >= 15 is 0 Å². The van der Waals surface area contributed by atoms with E-state index in [1.807, 2.05) is 31.2 Å². The maximum absolute atomic E-state index is 12.1. The number of aliphatic carboxylic acids is 1. The molecule has 1 aromatic carbocycles. The summed E-state index contributed by atoms with van der Waals surface area (Å²) in [6.45, 7) is 3.61. The Morgan fingerprint density at radius 3 is 3.00 bits per heavy atom. The van der Waals surface area contributed by atoms with E-state index < -0.39 is 11.5 Å². The molecular formula is C16H21NO4. The van der Waals surface area contributed by atoms with E-state index in [4.69, 9.17) is 9.47 Å². The first-order chi connectivity index (χ1) is 10.1. The molecule has 0 bridgehead atoms. The van der Waals surface area contributed by atoms with Crippen molar-refractivity contribution in [3.05, 3.63) is 29.8 Å². The minimum atomic E-state index is -1.11. The van der Waals surface area contributed by atoms with Gasteiger partial charge in [0.2, 0.25) is 0 Å². The van der Waals surface area contributed by atoms with Gasteiger partial charge in [0.05, 0.1) is 12.7 Å². The number of carboxylic acids is 1. The number of benzene rings is 1. The van der Waals surface area contributed by atoms with Gasteiger partial charge in [0.1, 0.15) is 5.75 Å². The maximum Gasteiger partial charge on any atom is 0.329 e. The third kappa shape index (κ3) is 2.40. The summed E-state index contributed by atoms with van der Waals surface area (Å²) in [5.41, 5.74) is -0.407. The van der Waals surface area contributed by atoms with Gasteiger partial charge in [-0.2, -0.15) is 0 Å². The normalized spacial score (nSPS) is 31.5. The molecule has 3 atom stereocenters. The molecule has 0 amide bonds. The monoisotopic (exact) mass is 291 g/mol. The molecule has 21 heavy (non-hydrogen) atoms. The minimum Gasteiger partial charge on any atom is -0.493 e. The molecule has 5 heteroatoms. The second kappa shape index (κ2) is 5.66. The Kier molecular flexibility index (Phi) is 3.87. The third-order valence-corrected chi connectivity index (χ3v) is 4.51. The lowest BCUT2D eigenvalue weighted by molar-refractivity contribution is -0.150. The van der Waals surface area contributed by atoms with Crippen LogP contribution in [0.15, 0.2) is 24.3 Å². The van der Waals surface area contributed by atoms with E-state index in [1.54, 1.807) is 0 Å². The highest BCUT2D eigenvalue weighted by Crippen LogP contribution is 2.40. The van der Waals surface area contributed by atoms with Crippen molar-refractivity contribution in [1.82, 2.24) is 5.32 Å². The van der Waals surface area contributed by atoms with Gasteiger partial charge in [-0.3, -0.25) is 5.32 Å². The van der Waals surface area contributed by atoms with Gasteiger partial charge in [0.15, 0.2) is 5.54 Å². The fourth-order valence-corrected chi connectivity index (χ4v) is 3.27. The second-order valence-corrected chi connectivity index (χ2v) is 5.84. The minimum absolute atomic E-state index is 0.100. The van der Waals surface area contributed by atoms with Crippen LogP contribution in [0.2, 0.25) is 0 Å². The molecule has 2 aliphatic heterocycles. The van der Waals surface area contributed by atoms with Crippen molar-refractivity contribution >= 4 is 5.97 Å². The van der Waals surface area contributed by atoms with Gasteiger partial charge in [-0.25, -0.2) is 4.79 Å². The lowest BCUT2D eigenvalue weighted by atomic mass is 9.77. The van der Waals surface area contributed by atoms with Crippen molar-refractivity contribution in [3.63, 3.8) is 0 Å². The number of rotatable bonds is 4. The SMILES string of the molecule is CC1COc2ccccc2C1(NCC1CCCO1)C(=O)O. The largest absolute Gasteiger partial charge is 0.493 e. The zero-order valence-corrected chi connectivity index (χ0v) is 12.2. The molecule has 114 valence electrons. The number of fused-ring (bicyclic) bond motifs is 1. The number of para-hydroxylation sites is 1. The Bertz CT molecular complexity index is 527. The van der Waals surface area contributed by atoms with Crippen LogP contribution < -0.4 is 10.1 Å². The predicted octanol–water partition coefficient (Wildman–Crippen LogP) is 1.76. The maximum atomic E-state index is 12.1. The lowest BCUT2D eigenvalue weighted by Crippen LogP contribution is -2.58. The summed E-state index contributed by atoms with van der Waals surface area (Å²) in [7, 11) is 0. The Hall–Kier alpha value is -1.59. The van der Waals surface area contributed by atoms with Crippen molar-refractivity contribution in [2.24, 2.45) is 5.92 Å². The summed E-state index contributed by atoms with van der Waals surface area (Å²) >= 11 is 0. The van der Waals surface area contributed by atoms with Crippen LogP contribution in [-0.4, -0.2) is 36.9 Å². The fourth-order valence-electron chi connectivity index (χ4n) is 3.27. The van der Waals surface area contributed by atoms with Crippen molar-refractivity contribution < 1.29 is 19.4 Å². The van der Waals surface area contributed by atoms with E-state index in [1.165, 1.54) is 0 Å². The van der Waals surface area contributed by atoms with E-state index in [-0.39, 0.29) is 12.0 Å². The van der Waals surface area contributed by atoms with Crippen molar-refractivity contribution in [1.29, 1.82) is 0 Å². The first-order valence-corrected chi connectivity index (χ1v) is 7.47. The molecule has 2 N–H and O–H groups in total. The summed E-state index contributed by atoms with van der Waals surface area (Å²) < 4.78 is 11.3. The number of carbonyl (C=O) groups is 1. The van der Waals surface area contributed by atoms with Crippen LogP contribution in [0.3, 0.4) is 0 Å². The third-order valence-electron chi connectivity index (χ3n) is 4.51. The molecule has 0 aromatic heterocycles. The topological polar surface area (TPSA) is 67.8 Å². The summed E-state index contributed by atoms with van der Waals surface area (Å²) in [6.07, 6.45) is 2.13. The summed E-state index contributed by atoms with van der Waals surface area (Å²) in [5, 5.41) is 13.2.